The average Bonchev–Trinajstić information content (AvgIpc) is 2.72. The van der Waals surface area contributed by atoms with E-state index in [0.717, 1.165) is 0 Å². The van der Waals surface area contributed by atoms with E-state index in [4.69, 9.17) is 24.1 Å². The van der Waals surface area contributed by atoms with Crippen molar-refractivity contribution in [1.29, 1.82) is 0 Å². The van der Waals surface area contributed by atoms with E-state index in [9.17, 15) is 14.4 Å². The van der Waals surface area contributed by atoms with Gasteiger partial charge in [-0.15, -0.1) is 0 Å². The predicted octanol–water partition coefficient (Wildman–Crippen LogP) is 2.60. The van der Waals surface area contributed by atoms with Gasteiger partial charge in [-0.1, -0.05) is 0 Å². The van der Waals surface area contributed by atoms with Crippen LogP contribution in [-0.2, 0) is 9.53 Å². The second-order valence-corrected chi connectivity index (χ2v) is 5.65. The van der Waals surface area contributed by atoms with Crippen LogP contribution in [0.1, 0.15) is 27.6 Å². The first-order valence-corrected chi connectivity index (χ1v) is 8.58. The van der Waals surface area contributed by atoms with E-state index in [1.807, 2.05) is 0 Å². The lowest BCUT2D eigenvalue weighted by atomic mass is 10.2. The molecule has 0 radical (unpaired) electrons. The van der Waals surface area contributed by atoms with Crippen LogP contribution in [0.2, 0.25) is 0 Å². The fraction of sp³-hybridized carbons (Fsp3) is 0.250. The van der Waals surface area contributed by atoms with E-state index in [1.165, 1.54) is 38.5 Å². The van der Waals surface area contributed by atoms with Crippen LogP contribution in [0.4, 0.5) is 5.69 Å². The number of hydrogen-bond donors (Lipinski definition) is 2. The summed E-state index contributed by atoms with van der Waals surface area (Å²) in [5.41, 5.74) is 0.790. The number of ether oxygens (including phenoxy) is 4. The number of anilines is 1. The molecule has 9 heteroatoms. The molecule has 0 bridgehead atoms. The number of aromatic carboxylic acids is 1. The molecule has 9 nitrogen and oxygen atoms in total. The molecule has 0 spiro atoms. The molecule has 1 amide bonds. The topological polar surface area (TPSA) is 120 Å². The van der Waals surface area contributed by atoms with Crippen LogP contribution >= 0.6 is 0 Å². The molecule has 0 unspecified atom stereocenters. The number of methoxy groups -OCH3 is 2. The summed E-state index contributed by atoms with van der Waals surface area (Å²) in [5.74, 6) is -1.73. The highest BCUT2D eigenvalue weighted by molar-refractivity contribution is 5.94. The van der Waals surface area contributed by atoms with Crippen LogP contribution < -0.4 is 19.5 Å². The van der Waals surface area contributed by atoms with Gasteiger partial charge in [0.25, 0.3) is 5.91 Å². The van der Waals surface area contributed by atoms with Gasteiger partial charge in [0.2, 0.25) is 5.75 Å². The summed E-state index contributed by atoms with van der Waals surface area (Å²) in [6, 6.07) is 8.73. The Hall–Kier alpha value is -3.75. The Kier molecular flexibility index (Phi) is 7.41. The van der Waals surface area contributed by atoms with Crippen LogP contribution in [0.15, 0.2) is 36.4 Å². The van der Waals surface area contributed by atoms with Gasteiger partial charge in [0.1, 0.15) is 0 Å². The standard InChI is InChI=1S/C20H21NO8/c1-4-28-20(25)12-5-7-14(8-6-12)21-17(22)11-29-18-15(26-2)9-13(19(23)24)10-16(18)27-3/h5-10H,4,11H2,1-3H3,(H,21,22)(H,23,24). The quantitative estimate of drug-likeness (QED) is 0.613. The van der Waals surface area contributed by atoms with Gasteiger partial charge in [-0.2, -0.15) is 0 Å². The third-order valence-electron chi connectivity index (χ3n) is 3.73. The summed E-state index contributed by atoms with van der Waals surface area (Å²) >= 11 is 0. The highest BCUT2D eigenvalue weighted by Crippen LogP contribution is 2.38. The van der Waals surface area contributed by atoms with Crippen LogP contribution in [-0.4, -0.2) is 50.4 Å². The van der Waals surface area contributed by atoms with Gasteiger partial charge in [0.15, 0.2) is 18.1 Å². The normalized spacial score (nSPS) is 10.0. The molecule has 0 aliphatic carbocycles. The highest BCUT2D eigenvalue weighted by atomic mass is 16.5. The monoisotopic (exact) mass is 403 g/mol. The van der Waals surface area contributed by atoms with Crippen molar-refractivity contribution in [2.75, 3.05) is 32.8 Å². The number of carboxylic acid groups (broad SMARTS) is 1. The Labute approximate surface area is 167 Å². The van der Waals surface area contributed by atoms with Crippen LogP contribution in [0.25, 0.3) is 0 Å². The molecular weight excluding hydrogens is 382 g/mol. The maximum Gasteiger partial charge on any atom is 0.338 e. The minimum absolute atomic E-state index is 0.0443. The average molecular weight is 403 g/mol. The zero-order valence-corrected chi connectivity index (χ0v) is 16.2. The molecule has 0 aliphatic heterocycles. The summed E-state index contributed by atoms with van der Waals surface area (Å²) in [4.78, 5) is 35.0. The minimum Gasteiger partial charge on any atom is -0.493 e. The van der Waals surface area contributed by atoms with Crippen molar-refractivity contribution in [3.05, 3.63) is 47.5 Å². The fourth-order valence-electron chi connectivity index (χ4n) is 2.38. The van der Waals surface area contributed by atoms with Gasteiger partial charge in [-0.05, 0) is 43.3 Å². The second kappa shape index (κ2) is 9.98. The number of amides is 1. The number of rotatable bonds is 9. The fourth-order valence-corrected chi connectivity index (χ4v) is 2.38. The predicted molar refractivity (Wildman–Crippen MR) is 103 cm³/mol. The lowest BCUT2D eigenvalue weighted by Gasteiger charge is -2.15. The summed E-state index contributed by atoms with van der Waals surface area (Å²) in [7, 11) is 2.69. The van der Waals surface area contributed by atoms with Crippen molar-refractivity contribution in [2.45, 2.75) is 6.92 Å². The number of benzene rings is 2. The number of esters is 1. The van der Waals surface area contributed by atoms with Gasteiger partial charge < -0.3 is 29.4 Å². The Balaban J connectivity index is 2.05. The number of carboxylic acids is 1. The Morgan fingerprint density at radius 2 is 1.55 bits per heavy atom. The summed E-state index contributed by atoms with van der Waals surface area (Å²) in [5, 5.41) is 11.8. The maximum absolute atomic E-state index is 12.2. The largest absolute Gasteiger partial charge is 0.493 e. The smallest absolute Gasteiger partial charge is 0.338 e. The SMILES string of the molecule is CCOC(=O)c1ccc(NC(=O)COc2c(OC)cc(C(=O)O)cc2OC)cc1. The van der Waals surface area contributed by atoms with Crippen molar-refractivity contribution in [1.82, 2.24) is 0 Å². The molecule has 0 atom stereocenters. The van der Waals surface area contributed by atoms with Crippen molar-refractivity contribution in [2.24, 2.45) is 0 Å². The molecule has 0 fully saturated rings. The van der Waals surface area contributed by atoms with E-state index in [-0.39, 0.29) is 36.0 Å². The van der Waals surface area contributed by atoms with Gasteiger partial charge in [-0.3, -0.25) is 4.79 Å². The molecule has 0 saturated heterocycles. The van der Waals surface area contributed by atoms with E-state index in [0.29, 0.717) is 11.3 Å². The van der Waals surface area contributed by atoms with Gasteiger partial charge in [0, 0.05) is 5.69 Å². The van der Waals surface area contributed by atoms with E-state index >= 15 is 0 Å². The zero-order valence-electron chi connectivity index (χ0n) is 16.2. The molecular formula is C20H21NO8. The van der Waals surface area contributed by atoms with Crippen molar-refractivity contribution in [3.63, 3.8) is 0 Å². The Morgan fingerprint density at radius 1 is 0.966 bits per heavy atom. The molecule has 0 saturated carbocycles. The van der Waals surface area contributed by atoms with Gasteiger partial charge in [-0.25, -0.2) is 9.59 Å². The van der Waals surface area contributed by atoms with Gasteiger partial charge in [0.05, 0.1) is 32.0 Å². The number of carbonyl (C=O) groups excluding carboxylic acids is 2. The first kappa shape index (κ1) is 21.5. The first-order valence-electron chi connectivity index (χ1n) is 8.58. The minimum atomic E-state index is -1.16. The van der Waals surface area contributed by atoms with Crippen LogP contribution in [0.5, 0.6) is 17.2 Å². The third-order valence-corrected chi connectivity index (χ3v) is 3.73. The first-order chi connectivity index (χ1) is 13.9. The Bertz CT molecular complexity index is 867. The lowest BCUT2D eigenvalue weighted by Crippen LogP contribution is -2.20. The Morgan fingerprint density at radius 3 is 2.03 bits per heavy atom. The van der Waals surface area contributed by atoms with E-state index < -0.39 is 17.8 Å². The molecule has 29 heavy (non-hydrogen) atoms. The number of nitrogens with one attached hydrogen (secondary N) is 1. The second-order valence-electron chi connectivity index (χ2n) is 5.65. The van der Waals surface area contributed by atoms with Crippen molar-refractivity contribution < 1.29 is 38.4 Å². The zero-order chi connectivity index (χ0) is 21.4. The highest BCUT2D eigenvalue weighted by Gasteiger charge is 2.18. The molecule has 2 aromatic rings. The van der Waals surface area contributed by atoms with Gasteiger partial charge >= 0.3 is 11.9 Å². The molecule has 2 N–H and O–H groups in total. The molecule has 2 aromatic carbocycles. The molecule has 0 heterocycles. The summed E-state index contributed by atoms with van der Waals surface area (Å²) in [6.45, 7) is 1.61. The van der Waals surface area contributed by atoms with Crippen LogP contribution in [0.3, 0.4) is 0 Å². The number of hydrogen-bond acceptors (Lipinski definition) is 7. The lowest BCUT2D eigenvalue weighted by molar-refractivity contribution is -0.118. The van der Waals surface area contributed by atoms with Crippen LogP contribution in [0, 0.1) is 0 Å². The maximum atomic E-state index is 12.2. The summed E-state index contributed by atoms with van der Waals surface area (Å²) in [6.07, 6.45) is 0. The molecule has 0 aromatic heterocycles. The van der Waals surface area contributed by atoms with E-state index in [1.54, 1.807) is 19.1 Å². The summed E-state index contributed by atoms with van der Waals surface area (Å²) < 4.78 is 20.7. The molecule has 2 rings (SSSR count). The molecule has 154 valence electrons. The van der Waals surface area contributed by atoms with Crippen molar-refractivity contribution in [3.8, 4) is 17.2 Å². The van der Waals surface area contributed by atoms with Crippen molar-refractivity contribution >= 4 is 23.5 Å². The van der Waals surface area contributed by atoms with E-state index in [2.05, 4.69) is 5.32 Å². The third kappa shape index (κ3) is 5.61. The number of carbonyl (C=O) groups is 3. The molecule has 0 aliphatic rings.